The number of carbonyl (C=O) groups excluding carboxylic acids is 2. The number of carboxylic acid groups (broad SMARTS) is 1. The van der Waals surface area contributed by atoms with Gasteiger partial charge in [0.25, 0.3) is 0 Å². The molecule has 0 heterocycles. The van der Waals surface area contributed by atoms with E-state index in [0.717, 1.165) is 6.08 Å². The number of benzene rings is 1. The van der Waals surface area contributed by atoms with Gasteiger partial charge in [0, 0.05) is 18.7 Å². The molecule has 1 amide bonds. The molecule has 1 aromatic rings. The predicted octanol–water partition coefficient (Wildman–Crippen LogP) is 2.48. The lowest BCUT2D eigenvalue weighted by atomic mass is 10.1. The van der Waals surface area contributed by atoms with Crippen LogP contribution in [-0.4, -0.2) is 35.1 Å². The third-order valence-corrected chi connectivity index (χ3v) is 2.71. The Balaban J connectivity index is 2.88. The Hall–Kier alpha value is -2.63. The van der Waals surface area contributed by atoms with Gasteiger partial charge in [-0.1, -0.05) is 12.1 Å². The van der Waals surface area contributed by atoms with Crippen molar-refractivity contribution in [3.63, 3.8) is 0 Å². The maximum atomic E-state index is 11.9. The average Bonchev–Trinajstić information content (AvgIpc) is 2.41. The molecular weight excluding hydrogens is 298 g/mol. The van der Waals surface area contributed by atoms with Crippen molar-refractivity contribution in [2.24, 2.45) is 0 Å². The quantitative estimate of drug-likeness (QED) is 0.666. The molecule has 6 heteroatoms. The molecule has 0 bridgehead atoms. The first kappa shape index (κ1) is 18.4. The Kier molecular flexibility index (Phi) is 6.07. The molecule has 6 nitrogen and oxygen atoms in total. The Morgan fingerprint density at radius 2 is 1.74 bits per heavy atom. The Labute approximate surface area is 135 Å². The summed E-state index contributed by atoms with van der Waals surface area (Å²) < 4.78 is 5.22. The molecule has 0 saturated carbocycles. The summed E-state index contributed by atoms with van der Waals surface area (Å²) in [6.07, 6.45) is 2.47. The van der Waals surface area contributed by atoms with Gasteiger partial charge in [0.05, 0.1) is 0 Å². The maximum Gasteiger partial charge on any atom is 0.328 e. The van der Waals surface area contributed by atoms with Crippen molar-refractivity contribution < 1.29 is 24.2 Å². The number of carbonyl (C=O) groups is 3. The molecule has 0 spiro atoms. The third-order valence-electron chi connectivity index (χ3n) is 2.71. The minimum absolute atomic E-state index is 0.184. The van der Waals surface area contributed by atoms with Crippen molar-refractivity contribution in [3.05, 3.63) is 35.9 Å². The fourth-order valence-corrected chi connectivity index (χ4v) is 1.82. The van der Waals surface area contributed by atoms with Crippen LogP contribution in [0.4, 0.5) is 5.69 Å². The van der Waals surface area contributed by atoms with Crippen LogP contribution in [0.5, 0.6) is 0 Å². The fourth-order valence-electron chi connectivity index (χ4n) is 1.82. The minimum Gasteiger partial charge on any atom is -0.478 e. The number of ether oxygens (including phenoxy) is 1. The van der Waals surface area contributed by atoms with Crippen molar-refractivity contribution in [1.82, 2.24) is 0 Å². The average molecular weight is 319 g/mol. The first-order valence-corrected chi connectivity index (χ1v) is 7.09. The van der Waals surface area contributed by atoms with Gasteiger partial charge in [-0.15, -0.1) is 0 Å². The molecular formula is C17H21NO5. The van der Waals surface area contributed by atoms with E-state index in [9.17, 15) is 14.4 Å². The first-order valence-electron chi connectivity index (χ1n) is 7.09. The summed E-state index contributed by atoms with van der Waals surface area (Å²) in [5.74, 6) is -1.82. The van der Waals surface area contributed by atoms with Gasteiger partial charge in [0.15, 0.2) is 0 Å². The predicted molar refractivity (Wildman–Crippen MR) is 87.0 cm³/mol. The van der Waals surface area contributed by atoms with E-state index in [-0.39, 0.29) is 12.5 Å². The van der Waals surface area contributed by atoms with Gasteiger partial charge < -0.3 is 14.7 Å². The van der Waals surface area contributed by atoms with Crippen LogP contribution in [0.2, 0.25) is 0 Å². The summed E-state index contributed by atoms with van der Waals surface area (Å²) >= 11 is 0. The fraction of sp³-hybridized carbons (Fsp3) is 0.353. The Morgan fingerprint density at radius 3 is 2.17 bits per heavy atom. The molecule has 0 aliphatic carbocycles. The van der Waals surface area contributed by atoms with Crippen molar-refractivity contribution >= 4 is 29.6 Å². The van der Waals surface area contributed by atoms with Gasteiger partial charge >= 0.3 is 11.9 Å². The third kappa shape index (κ3) is 6.78. The van der Waals surface area contributed by atoms with Gasteiger partial charge in [-0.2, -0.15) is 0 Å². The molecule has 0 atom stereocenters. The summed E-state index contributed by atoms with van der Waals surface area (Å²) in [6, 6.07) is 6.63. The first-order chi connectivity index (χ1) is 10.6. The monoisotopic (exact) mass is 319 g/mol. The lowest BCUT2D eigenvalue weighted by Crippen LogP contribution is -2.37. The largest absolute Gasteiger partial charge is 0.478 e. The summed E-state index contributed by atoms with van der Waals surface area (Å²) in [5, 5.41) is 8.59. The van der Waals surface area contributed by atoms with Gasteiger partial charge in [0.2, 0.25) is 5.91 Å². The highest BCUT2D eigenvalue weighted by molar-refractivity contribution is 5.96. The highest BCUT2D eigenvalue weighted by Gasteiger charge is 2.21. The molecule has 0 saturated heterocycles. The second kappa shape index (κ2) is 7.58. The molecule has 23 heavy (non-hydrogen) atoms. The van der Waals surface area contributed by atoms with Gasteiger partial charge in [-0.25, -0.2) is 4.79 Å². The number of esters is 1. The zero-order chi connectivity index (χ0) is 17.6. The molecule has 1 N–H and O–H groups in total. The zero-order valence-corrected chi connectivity index (χ0v) is 13.7. The lowest BCUT2D eigenvalue weighted by molar-refractivity contribution is -0.153. The van der Waals surface area contributed by atoms with Gasteiger partial charge in [-0.3, -0.25) is 9.59 Å². The molecule has 0 aromatic heterocycles. The van der Waals surface area contributed by atoms with Crippen LogP contribution in [0.1, 0.15) is 33.3 Å². The van der Waals surface area contributed by atoms with Crippen LogP contribution < -0.4 is 4.90 Å². The highest BCUT2D eigenvalue weighted by atomic mass is 16.6. The smallest absolute Gasteiger partial charge is 0.328 e. The van der Waals surface area contributed by atoms with Crippen LogP contribution in [-0.2, 0) is 19.1 Å². The number of nitrogens with zero attached hydrogens (tertiary/aromatic N) is 1. The van der Waals surface area contributed by atoms with Crippen LogP contribution >= 0.6 is 0 Å². The summed E-state index contributed by atoms with van der Waals surface area (Å²) in [7, 11) is 0. The Bertz CT molecular complexity index is 611. The summed E-state index contributed by atoms with van der Waals surface area (Å²) in [4.78, 5) is 35.5. The van der Waals surface area contributed by atoms with E-state index in [0.29, 0.717) is 11.3 Å². The number of rotatable bonds is 5. The van der Waals surface area contributed by atoms with Crippen LogP contribution in [0.25, 0.3) is 6.08 Å². The molecule has 1 rings (SSSR count). The zero-order valence-electron chi connectivity index (χ0n) is 13.7. The minimum atomic E-state index is -1.04. The molecule has 124 valence electrons. The number of anilines is 1. The van der Waals surface area contributed by atoms with E-state index < -0.39 is 17.5 Å². The van der Waals surface area contributed by atoms with Crippen molar-refractivity contribution in [2.75, 3.05) is 11.4 Å². The molecule has 0 fully saturated rings. The number of aliphatic carboxylic acids is 1. The maximum absolute atomic E-state index is 11.9. The molecule has 0 radical (unpaired) electrons. The van der Waals surface area contributed by atoms with Crippen LogP contribution in [0.3, 0.4) is 0 Å². The lowest BCUT2D eigenvalue weighted by Gasteiger charge is -2.24. The number of amides is 1. The molecule has 0 aliphatic heterocycles. The number of hydrogen-bond acceptors (Lipinski definition) is 4. The van der Waals surface area contributed by atoms with E-state index in [1.807, 2.05) is 0 Å². The van der Waals surface area contributed by atoms with Crippen LogP contribution in [0.15, 0.2) is 30.3 Å². The summed E-state index contributed by atoms with van der Waals surface area (Å²) in [5.41, 5.74) is 0.595. The molecule has 0 unspecified atom stereocenters. The second-order valence-electron chi connectivity index (χ2n) is 5.95. The topological polar surface area (TPSA) is 83.9 Å². The van der Waals surface area contributed by atoms with E-state index >= 15 is 0 Å². The SMILES string of the molecule is CC(=O)N(CC(=O)OC(C)(C)C)c1ccc(/C=C/C(=O)O)cc1. The number of carboxylic acids is 1. The highest BCUT2D eigenvalue weighted by Crippen LogP contribution is 2.17. The van der Waals surface area contributed by atoms with Gasteiger partial charge in [0.1, 0.15) is 12.1 Å². The normalized spacial score (nSPS) is 11.3. The standard InChI is InChI=1S/C17H21NO5/c1-12(19)18(11-16(22)23-17(2,3)4)14-8-5-13(6-9-14)7-10-15(20)21/h5-10H,11H2,1-4H3,(H,20,21)/b10-7+. The molecule has 1 aromatic carbocycles. The van der Waals surface area contributed by atoms with Crippen molar-refractivity contribution in [2.45, 2.75) is 33.3 Å². The van der Waals surface area contributed by atoms with E-state index in [1.54, 1.807) is 45.0 Å². The second-order valence-corrected chi connectivity index (χ2v) is 5.95. The Morgan fingerprint density at radius 1 is 1.17 bits per heavy atom. The van der Waals surface area contributed by atoms with Crippen LogP contribution in [0, 0.1) is 0 Å². The summed E-state index contributed by atoms with van der Waals surface area (Å²) in [6.45, 7) is 6.45. The number of hydrogen-bond donors (Lipinski definition) is 1. The molecule has 0 aliphatic rings. The van der Waals surface area contributed by atoms with E-state index in [2.05, 4.69) is 0 Å². The van der Waals surface area contributed by atoms with E-state index in [1.165, 1.54) is 17.9 Å². The van der Waals surface area contributed by atoms with Gasteiger partial charge in [-0.05, 0) is 44.5 Å². The van der Waals surface area contributed by atoms with E-state index in [4.69, 9.17) is 9.84 Å². The van der Waals surface area contributed by atoms with Crippen molar-refractivity contribution in [1.29, 1.82) is 0 Å². The van der Waals surface area contributed by atoms with Crippen molar-refractivity contribution in [3.8, 4) is 0 Å².